The van der Waals surface area contributed by atoms with Gasteiger partial charge in [-0.15, -0.1) is 0 Å². The predicted octanol–water partition coefficient (Wildman–Crippen LogP) is 4.31. The number of likely N-dealkylation sites (N-methyl/N-ethyl adjacent to an activating group) is 1. The lowest BCUT2D eigenvalue weighted by atomic mass is 9.90. The highest BCUT2D eigenvalue weighted by molar-refractivity contribution is 8.76. The molecule has 11 heteroatoms. The lowest BCUT2D eigenvalue weighted by Crippen LogP contribution is -2.44. The molecular weight excluding hydrogens is 536 g/mol. The molecular formula is C28H40N4O5S2. The third kappa shape index (κ3) is 11.4. The van der Waals surface area contributed by atoms with Crippen LogP contribution in [0.15, 0.2) is 36.7 Å². The molecule has 0 spiro atoms. The van der Waals surface area contributed by atoms with Gasteiger partial charge in [0.2, 0.25) is 11.8 Å². The van der Waals surface area contributed by atoms with E-state index in [1.807, 2.05) is 40.0 Å². The molecule has 9 nitrogen and oxygen atoms in total. The summed E-state index contributed by atoms with van der Waals surface area (Å²) in [6.07, 6.45) is 6.50. The van der Waals surface area contributed by atoms with Crippen LogP contribution in [-0.2, 0) is 16.0 Å². The number of Topliss-reactive ketones (excluding diaryl/α,β-unsaturated/α-hetero) is 2. The Morgan fingerprint density at radius 3 is 2.46 bits per heavy atom. The van der Waals surface area contributed by atoms with Crippen molar-refractivity contribution in [3.05, 3.63) is 42.2 Å². The summed E-state index contributed by atoms with van der Waals surface area (Å²) in [5.74, 6) is 2.76. The minimum atomic E-state index is -0.0463. The van der Waals surface area contributed by atoms with E-state index in [0.29, 0.717) is 43.0 Å². The topological polar surface area (TPSA) is 112 Å². The molecule has 0 aromatic carbocycles. The molecule has 1 fully saturated rings. The van der Waals surface area contributed by atoms with Crippen molar-refractivity contribution in [2.24, 2.45) is 11.8 Å². The van der Waals surface area contributed by atoms with E-state index in [1.165, 1.54) is 0 Å². The lowest BCUT2D eigenvalue weighted by Gasteiger charge is -2.35. The van der Waals surface area contributed by atoms with Gasteiger partial charge in [-0.1, -0.05) is 37.6 Å². The monoisotopic (exact) mass is 576 g/mol. The molecule has 1 saturated carbocycles. The van der Waals surface area contributed by atoms with Crippen LogP contribution in [0.5, 0.6) is 17.5 Å². The molecule has 39 heavy (non-hydrogen) atoms. The summed E-state index contributed by atoms with van der Waals surface area (Å²) in [7, 11) is 5.15. The first-order valence-corrected chi connectivity index (χ1v) is 15.7. The van der Waals surface area contributed by atoms with Crippen molar-refractivity contribution in [2.45, 2.75) is 58.6 Å². The van der Waals surface area contributed by atoms with Gasteiger partial charge in [0.15, 0.2) is 5.78 Å². The maximum atomic E-state index is 12.5. The van der Waals surface area contributed by atoms with Gasteiger partial charge in [-0.3, -0.25) is 14.3 Å². The third-order valence-corrected chi connectivity index (χ3v) is 8.55. The highest BCUT2D eigenvalue weighted by Crippen LogP contribution is 2.30. The Bertz CT molecular complexity index is 1020. The summed E-state index contributed by atoms with van der Waals surface area (Å²) >= 11 is 0. The number of carbonyl (C=O) groups is 2. The van der Waals surface area contributed by atoms with Gasteiger partial charge >= 0.3 is 0 Å². The Morgan fingerprint density at radius 2 is 1.79 bits per heavy atom. The molecule has 1 unspecified atom stereocenters. The minimum absolute atomic E-state index is 0.000371. The van der Waals surface area contributed by atoms with Crippen LogP contribution in [0.25, 0.3) is 0 Å². The molecule has 214 valence electrons. The summed E-state index contributed by atoms with van der Waals surface area (Å²) in [6, 6.07) is 7.75. The van der Waals surface area contributed by atoms with E-state index < -0.39 is 0 Å². The number of rotatable bonds is 19. The SMILES string of the molecule is CNCCOc1ccc(CCC(=O)C(C)CSSNC2CC(Oc3ccc(OCC(=O)C(C)C)cn3)C2)cn1. The minimum Gasteiger partial charge on any atom is -0.484 e. The number of carbonyl (C=O) groups excluding carboxylic acids is 2. The number of hydrogen-bond donors (Lipinski definition) is 2. The number of hydrogen-bond acceptors (Lipinski definition) is 11. The molecule has 0 amide bonds. The van der Waals surface area contributed by atoms with Crippen molar-refractivity contribution >= 4 is 33.3 Å². The van der Waals surface area contributed by atoms with Crippen molar-refractivity contribution in [3.63, 3.8) is 0 Å². The Labute approximate surface area is 239 Å². The average molecular weight is 577 g/mol. The second kappa shape index (κ2) is 16.7. The van der Waals surface area contributed by atoms with Gasteiger partial charge in [-0.2, -0.15) is 0 Å². The normalized spacial score (nSPS) is 17.4. The van der Waals surface area contributed by atoms with Crippen molar-refractivity contribution in [3.8, 4) is 17.5 Å². The van der Waals surface area contributed by atoms with Crippen LogP contribution in [-0.4, -0.2) is 66.2 Å². The Morgan fingerprint density at radius 1 is 1.03 bits per heavy atom. The molecule has 3 rings (SSSR count). The highest BCUT2D eigenvalue weighted by Gasteiger charge is 2.31. The van der Waals surface area contributed by atoms with Crippen molar-refractivity contribution in [1.82, 2.24) is 20.0 Å². The Hall–Kier alpha value is -2.34. The van der Waals surface area contributed by atoms with Crippen LogP contribution in [0.4, 0.5) is 0 Å². The second-order valence-corrected chi connectivity index (χ2v) is 12.1. The van der Waals surface area contributed by atoms with Gasteiger partial charge in [-0.25, -0.2) is 9.97 Å². The number of pyridine rings is 2. The summed E-state index contributed by atoms with van der Waals surface area (Å²) in [6.45, 7) is 7.10. The lowest BCUT2D eigenvalue weighted by molar-refractivity contribution is -0.124. The van der Waals surface area contributed by atoms with E-state index in [9.17, 15) is 9.59 Å². The number of aryl methyl sites for hydroxylation is 1. The molecule has 0 radical (unpaired) electrons. The maximum absolute atomic E-state index is 12.5. The first-order chi connectivity index (χ1) is 18.8. The van der Waals surface area contributed by atoms with E-state index >= 15 is 0 Å². The zero-order valence-corrected chi connectivity index (χ0v) is 24.8. The molecule has 1 aliphatic rings. The zero-order valence-electron chi connectivity index (χ0n) is 23.2. The zero-order chi connectivity index (χ0) is 28.0. The molecule has 2 heterocycles. The van der Waals surface area contributed by atoms with Gasteiger partial charge in [0.1, 0.15) is 30.9 Å². The van der Waals surface area contributed by atoms with Gasteiger partial charge in [0, 0.05) is 67.8 Å². The van der Waals surface area contributed by atoms with Crippen LogP contribution in [0.2, 0.25) is 0 Å². The van der Waals surface area contributed by atoms with E-state index in [4.69, 9.17) is 14.2 Å². The molecule has 2 aromatic rings. The van der Waals surface area contributed by atoms with Crippen molar-refractivity contribution in [1.29, 1.82) is 0 Å². The first kappa shape index (κ1) is 31.2. The standard InChI is InChI=1S/C28H40N4O5S2/c1-19(2)26(34)17-36-23-7-10-28(31-16-23)37-24-13-22(14-24)32-39-38-18-20(3)25(33)8-5-21-6-9-27(30-15-21)35-12-11-29-4/h6-7,9-10,15-16,19-20,22,24,29,32H,5,8,11-14,17-18H2,1-4H3. The summed E-state index contributed by atoms with van der Waals surface area (Å²) < 4.78 is 20.4. The molecule has 0 saturated heterocycles. The van der Waals surface area contributed by atoms with Gasteiger partial charge in [0.05, 0.1) is 6.20 Å². The molecule has 0 bridgehead atoms. The number of ketones is 2. The van der Waals surface area contributed by atoms with E-state index in [-0.39, 0.29) is 36.1 Å². The number of aromatic nitrogens is 2. The van der Waals surface area contributed by atoms with Gasteiger partial charge < -0.3 is 19.5 Å². The van der Waals surface area contributed by atoms with E-state index in [2.05, 4.69) is 20.0 Å². The molecule has 2 aromatic heterocycles. The molecule has 0 aliphatic heterocycles. The quantitative estimate of drug-likeness (QED) is 0.142. The largest absolute Gasteiger partial charge is 0.484 e. The van der Waals surface area contributed by atoms with Crippen molar-refractivity contribution in [2.75, 3.05) is 32.6 Å². The summed E-state index contributed by atoms with van der Waals surface area (Å²) in [5, 5.41) is 3.03. The van der Waals surface area contributed by atoms with Crippen LogP contribution >= 0.6 is 21.8 Å². The number of ether oxygens (including phenoxy) is 3. The van der Waals surface area contributed by atoms with E-state index in [0.717, 1.165) is 30.7 Å². The van der Waals surface area contributed by atoms with Crippen LogP contribution in [0, 0.1) is 11.8 Å². The Balaban J connectivity index is 1.22. The highest BCUT2D eigenvalue weighted by atomic mass is 33.1. The fourth-order valence-corrected chi connectivity index (χ4v) is 5.80. The molecule has 1 atom stereocenters. The fraction of sp³-hybridized carbons (Fsp3) is 0.571. The third-order valence-electron chi connectivity index (χ3n) is 6.32. The van der Waals surface area contributed by atoms with Gasteiger partial charge in [0.25, 0.3) is 0 Å². The maximum Gasteiger partial charge on any atom is 0.213 e. The molecule has 2 N–H and O–H groups in total. The average Bonchev–Trinajstić information content (AvgIpc) is 2.92. The predicted molar refractivity (Wildman–Crippen MR) is 156 cm³/mol. The number of nitrogens with one attached hydrogen (secondary N) is 2. The fourth-order valence-electron chi connectivity index (χ4n) is 3.52. The van der Waals surface area contributed by atoms with Crippen LogP contribution in [0.1, 0.15) is 45.6 Å². The van der Waals surface area contributed by atoms with Gasteiger partial charge in [-0.05, 0) is 36.1 Å². The smallest absolute Gasteiger partial charge is 0.213 e. The first-order valence-electron chi connectivity index (χ1n) is 13.4. The summed E-state index contributed by atoms with van der Waals surface area (Å²) in [4.78, 5) is 32.8. The summed E-state index contributed by atoms with van der Waals surface area (Å²) in [5.41, 5.74) is 1.04. The van der Waals surface area contributed by atoms with Crippen molar-refractivity contribution < 1.29 is 23.8 Å². The van der Waals surface area contributed by atoms with Crippen LogP contribution < -0.4 is 24.2 Å². The van der Waals surface area contributed by atoms with E-state index in [1.54, 1.807) is 46.3 Å². The van der Waals surface area contributed by atoms with Crippen LogP contribution in [0.3, 0.4) is 0 Å². The Kier molecular flexibility index (Phi) is 13.3. The number of nitrogens with zero attached hydrogens (tertiary/aromatic N) is 2. The second-order valence-electron chi connectivity index (χ2n) is 9.96. The molecule has 1 aliphatic carbocycles.